The van der Waals surface area contributed by atoms with Gasteiger partial charge in [0.25, 0.3) is 0 Å². The molecule has 0 rings (SSSR count). The molecule has 14 heteroatoms. The Labute approximate surface area is 188 Å². The van der Waals surface area contributed by atoms with Gasteiger partial charge in [-0.2, -0.15) is 0 Å². The summed E-state index contributed by atoms with van der Waals surface area (Å²) in [7, 11) is 2.84. The molecule has 0 saturated carbocycles. The van der Waals surface area contributed by atoms with Crippen LogP contribution in [0.3, 0.4) is 0 Å². The van der Waals surface area contributed by atoms with Crippen LogP contribution in [0.25, 0.3) is 0 Å². The van der Waals surface area contributed by atoms with E-state index in [0.29, 0.717) is 11.5 Å². The minimum absolute atomic E-state index is 0. The van der Waals surface area contributed by atoms with E-state index in [4.69, 9.17) is 27.5 Å². The molecule has 0 bridgehead atoms. The van der Waals surface area contributed by atoms with Crippen LogP contribution in [0.4, 0.5) is 0 Å². The van der Waals surface area contributed by atoms with Gasteiger partial charge >= 0.3 is 59.1 Å². The first-order valence-corrected chi connectivity index (χ1v) is 10.6. The normalized spacial score (nSPS) is 19.0. The van der Waals surface area contributed by atoms with E-state index in [1.807, 2.05) is 0 Å². The third-order valence-corrected chi connectivity index (χ3v) is 6.22. The van der Waals surface area contributed by atoms with Gasteiger partial charge in [-0.25, -0.2) is 4.21 Å². The van der Waals surface area contributed by atoms with Gasteiger partial charge in [0.15, 0.2) is 11.1 Å². The predicted molar refractivity (Wildman–Crippen MR) is 86.2 cm³/mol. The number of hydrogen-bond donors (Lipinski definition) is 5. The molecule has 0 aromatic rings. The van der Waals surface area contributed by atoms with Gasteiger partial charge in [-0.1, -0.05) is 32.7 Å². The fourth-order valence-electron chi connectivity index (χ4n) is 1.07. The van der Waals surface area contributed by atoms with Gasteiger partial charge in [0.05, 0.1) is 5.75 Å². The molecule has 0 aliphatic rings. The van der Waals surface area contributed by atoms with Crippen LogP contribution >= 0.6 is 21.6 Å². The predicted octanol–water partition coefficient (Wildman–Crippen LogP) is -8.21. The topological polar surface area (TPSA) is 182 Å². The number of hydrogen-bond acceptors (Lipinski definition) is 9. The Balaban J connectivity index is -0.00000180. The molecule has 0 radical (unpaired) electrons. The van der Waals surface area contributed by atoms with Crippen LogP contribution in [0, 0.1) is 0 Å². The second-order valence-corrected chi connectivity index (χ2v) is 8.65. The summed E-state index contributed by atoms with van der Waals surface area (Å²) in [5.74, 6) is 0.751. The monoisotopic (exact) mass is 411 g/mol. The van der Waals surface area contributed by atoms with Crippen molar-refractivity contribution in [2.24, 2.45) is 22.9 Å². The van der Waals surface area contributed by atoms with E-state index < -0.39 is 46.3 Å². The molecule has 0 amide bonds. The van der Waals surface area contributed by atoms with E-state index >= 15 is 0 Å². The van der Waals surface area contributed by atoms with Crippen molar-refractivity contribution >= 4 is 43.7 Å². The van der Waals surface area contributed by atoms with Crippen LogP contribution in [-0.2, 0) is 22.2 Å². The van der Waals surface area contributed by atoms with Crippen LogP contribution in [-0.4, -0.2) is 64.7 Å². The van der Waals surface area contributed by atoms with Crippen molar-refractivity contribution in [3.8, 4) is 0 Å². The van der Waals surface area contributed by atoms with E-state index in [1.54, 1.807) is 0 Å². The molecule has 0 aromatic carbocycles. The summed E-state index contributed by atoms with van der Waals surface area (Å²) in [6.45, 7) is 0. The fourth-order valence-corrected chi connectivity index (χ4v) is 4.73. The molecule has 22 heavy (non-hydrogen) atoms. The van der Waals surface area contributed by atoms with Crippen LogP contribution in [0.15, 0.2) is 0 Å². The largest absolute Gasteiger partial charge is 1.00 e. The molecule has 0 spiro atoms. The van der Waals surface area contributed by atoms with Crippen molar-refractivity contribution in [3.63, 3.8) is 0 Å². The summed E-state index contributed by atoms with van der Waals surface area (Å²) in [6.07, 6.45) is 0. The van der Waals surface area contributed by atoms with Gasteiger partial charge in [-0.15, -0.1) is 0 Å². The van der Waals surface area contributed by atoms with Gasteiger partial charge in [0.1, 0.15) is 0 Å². The van der Waals surface area contributed by atoms with E-state index in [9.17, 15) is 13.0 Å². The fraction of sp³-hybridized carbons (Fsp3) is 1.00. The third-order valence-electron chi connectivity index (χ3n) is 2.37. The second-order valence-electron chi connectivity index (χ2n) is 4.18. The van der Waals surface area contributed by atoms with E-state index in [2.05, 4.69) is 0 Å². The summed E-state index contributed by atoms with van der Waals surface area (Å²) >= 11 is -4.16. The molecule has 0 fully saturated rings. The van der Waals surface area contributed by atoms with Crippen LogP contribution in [0.1, 0.15) is 0 Å². The zero-order chi connectivity index (χ0) is 15.7. The maximum Gasteiger partial charge on any atom is 1.00 e. The molecular formula is C8H21N4Na2O4S4+. The van der Waals surface area contributed by atoms with Crippen molar-refractivity contribution in [2.75, 3.05) is 23.0 Å². The first kappa shape index (κ1) is 29.5. The van der Waals surface area contributed by atoms with Crippen LogP contribution < -0.4 is 82.0 Å². The van der Waals surface area contributed by atoms with E-state index in [0.717, 1.165) is 0 Å². The molecule has 0 saturated heterocycles. The summed E-state index contributed by atoms with van der Waals surface area (Å²) in [5.41, 5.74) is 22.8. The third kappa shape index (κ3) is 16.2. The number of nitrogens with two attached hydrogens (primary N) is 4. The van der Waals surface area contributed by atoms with Gasteiger partial charge < -0.3 is 32.0 Å². The zero-order valence-electron chi connectivity index (χ0n) is 12.8. The molecule has 0 aliphatic heterocycles. The van der Waals surface area contributed by atoms with E-state index in [-0.39, 0.29) is 70.6 Å². The molecule has 8 nitrogen and oxygen atoms in total. The molecule has 9 N–H and O–H groups in total. The van der Waals surface area contributed by atoms with Crippen LogP contribution in [0.2, 0.25) is 0 Å². The zero-order valence-corrected chi connectivity index (χ0v) is 20.0. The van der Waals surface area contributed by atoms with Gasteiger partial charge in [0, 0.05) is 41.4 Å². The molecule has 0 aliphatic carbocycles. The molecule has 2 unspecified atom stereocenters. The SMILES string of the molecule is N[C@@H](CSSC[C@H](N)[C@@H](N)CS(=O)O)[C@@H](N)CS(=O)[O-].[Na+].[Na+]. The Morgan fingerprint density at radius 2 is 1.23 bits per heavy atom. The Bertz CT molecular complexity index is 305. The summed E-state index contributed by atoms with van der Waals surface area (Å²) in [5, 5.41) is 0. The maximum atomic E-state index is 10.6. The molecule has 0 heterocycles. The van der Waals surface area contributed by atoms with Gasteiger partial charge in [-0.05, 0) is 0 Å². The molecule has 6 atom stereocenters. The van der Waals surface area contributed by atoms with Crippen molar-refractivity contribution in [1.82, 2.24) is 0 Å². The van der Waals surface area contributed by atoms with Crippen LogP contribution in [0.5, 0.6) is 0 Å². The molecule has 122 valence electrons. The smallest absolute Gasteiger partial charge is 0.772 e. The molecule has 0 aromatic heterocycles. The Morgan fingerprint density at radius 3 is 1.55 bits per heavy atom. The van der Waals surface area contributed by atoms with Crippen molar-refractivity contribution in [2.45, 2.75) is 24.2 Å². The maximum absolute atomic E-state index is 10.6. The van der Waals surface area contributed by atoms with E-state index in [1.165, 1.54) is 21.6 Å². The Kier molecular flexibility index (Phi) is 23.1. The average molecular weight is 412 g/mol. The minimum Gasteiger partial charge on any atom is -0.772 e. The summed E-state index contributed by atoms with van der Waals surface area (Å²) in [6, 6.07) is -1.98. The first-order chi connectivity index (χ1) is 9.23. The van der Waals surface area contributed by atoms with Gasteiger partial charge in [0.2, 0.25) is 0 Å². The van der Waals surface area contributed by atoms with Crippen molar-refractivity contribution < 1.29 is 76.6 Å². The Morgan fingerprint density at radius 1 is 0.864 bits per heavy atom. The number of rotatable bonds is 11. The second kappa shape index (κ2) is 17.2. The average Bonchev–Trinajstić information content (AvgIpc) is 2.32. The first-order valence-electron chi connectivity index (χ1n) is 5.64. The molecular weight excluding hydrogens is 390 g/mol. The van der Waals surface area contributed by atoms with Crippen molar-refractivity contribution in [1.29, 1.82) is 0 Å². The quantitative estimate of drug-likeness (QED) is 0.0947. The van der Waals surface area contributed by atoms with Gasteiger partial charge in [-0.3, -0.25) is 4.21 Å². The minimum atomic E-state index is -2.20. The summed E-state index contributed by atoms with van der Waals surface area (Å²) in [4.78, 5) is 0. The Hall–Kier alpha value is 2.76. The summed E-state index contributed by atoms with van der Waals surface area (Å²) < 4.78 is 40.2. The van der Waals surface area contributed by atoms with Crippen molar-refractivity contribution in [3.05, 3.63) is 0 Å². The standard InChI is InChI=1S/C8H22N4O4S4.2Na/c9-5(7(11)3-19(13)14)1-17-18-2-6(10)8(12)4-20(15)16;;/h5-8H,1-4,9-12H2,(H,13,14)(H,15,16);;/q;2*+1/p-1/t5-,6-,7-,8-;;/m0../s1.